The molecular weight excluding hydrogens is 342 g/mol. The number of piperazine rings is 1. The molecule has 1 fully saturated rings. The van der Waals surface area contributed by atoms with Crippen molar-refractivity contribution in [1.82, 2.24) is 15.2 Å². The van der Waals surface area contributed by atoms with Crippen LogP contribution in [0.3, 0.4) is 0 Å². The maximum atomic E-state index is 12.3. The van der Waals surface area contributed by atoms with E-state index in [0.717, 1.165) is 43.2 Å². The van der Waals surface area contributed by atoms with Crippen LogP contribution in [-0.2, 0) is 16.1 Å². The number of carbonyl (C=O) groups is 2. The van der Waals surface area contributed by atoms with Crippen molar-refractivity contribution in [2.75, 3.05) is 42.9 Å². The molecule has 0 atom stereocenters. The fourth-order valence-corrected chi connectivity index (χ4v) is 3.10. The first-order chi connectivity index (χ1) is 13.1. The Balaban J connectivity index is 1.42. The Bertz CT molecular complexity index is 773. The summed E-state index contributed by atoms with van der Waals surface area (Å²) in [5.74, 6) is 0.882. The number of pyridine rings is 1. The Hall–Kier alpha value is -2.93. The lowest BCUT2D eigenvalue weighted by Crippen LogP contribution is -2.49. The molecule has 0 unspecified atom stereocenters. The second-order valence-corrected chi connectivity index (χ2v) is 6.61. The van der Waals surface area contributed by atoms with Crippen LogP contribution in [0.1, 0.15) is 12.5 Å². The fourth-order valence-electron chi connectivity index (χ4n) is 3.10. The lowest BCUT2D eigenvalue weighted by Gasteiger charge is -2.34. The zero-order chi connectivity index (χ0) is 19.1. The van der Waals surface area contributed by atoms with Gasteiger partial charge >= 0.3 is 0 Å². The predicted octanol–water partition coefficient (Wildman–Crippen LogP) is 1.48. The first-order valence-electron chi connectivity index (χ1n) is 9.12. The quantitative estimate of drug-likeness (QED) is 0.809. The van der Waals surface area contributed by atoms with Crippen LogP contribution in [0.25, 0.3) is 0 Å². The Morgan fingerprint density at radius 1 is 1.07 bits per heavy atom. The maximum absolute atomic E-state index is 12.3. The molecule has 0 saturated carbocycles. The molecule has 27 heavy (non-hydrogen) atoms. The van der Waals surface area contributed by atoms with Crippen LogP contribution in [0.15, 0.2) is 48.7 Å². The van der Waals surface area contributed by atoms with Crippen LogP contribution in [0.4, 0.5) is 11.5 Å². The van der Waals surface area contributed by atoms with E-state index in [4.69, 9.17) is 0 Å². The van der Waals surface area contributed by atoms with Crippen molar-refractivity contribution < 1.29 is 9.59 Å². The Kier molecular flexibility index (Phi) is 6.38. The van der Waals surface area contributed by atoms with Crippen LogP contribution >= 0.6 is 0 Å². The van der Waals surface area contributed by atoms with E-state index < -0.39 is 0 Å². The third-order valence-corrected chi connectivity index (χ3v) is 4.45. The summed E-state index contributed by atoms with van der Waals surface area (Å²) in [6, 6.07) is 13.4. The highest BCUT2D eigenvalue weighted by Gasteiger charge is 2.19. The van der Waals surface area contributed by atoms with Gasteiger partial charge in [-0.1, -0.05) is 18.2 Å². The molecule has 3 rings (SSSR count). The van der Waals surface area contributed by atoms with Crippen LogP contribution < -0.4 is 15.5 Å². The zero-order valence-corrected chi connectivity index (χ0v) is 15.5. The monoisotopic (exact) mass is 367 g/mol. The van der Waals surface area contributed by atoms with E-state index in [-0.39, 0.29) is 11.8 Å². The normalized spacial score (nSPS) is 14.6. The number of nitrogens with one attached hydrogen (secondary N) is 2. The smallest absolute Gasteiger partial charge is 0.234 e. The van der Waals surface area contributed by atoms with E-state index in [0.29, 0.717) is 13.1 Å². The summed E-state index contributed by atoms with van der Waals surface area (Å²) in [7, 11) is 0. The molecule has 1 aliphatic heterocycles. The number of rotatable bonds is 6. The van der Waals surface area contributed by atoms with Gasteiger partial charge in [-0.15, -0.1) is 0 Å². The number of benzene rings is 1. The van der Waals surface area contributed by atoms with Crippen LogP contribution in [0, 0.1) is 0 Å². The zero-order valence-electron chi connectivity index (χ0n) is 15.5. The first kappa shape index (κ1) is 18.8. The predicted molar refractivity (Wildman–Crippen MR) is 105 cm³/mol. The van der Waals surface area contributed by atoms with Gasteiger partial charge in [0.05, 0.1) is 6.54 Å². The molecular formula is C20H25N5O2. The third-order valence-electron chi connectivity index (χ3n) is 4.45. The van der Waals surface area contributed by atoms with Gasteiger partial charge in [0, 0.05) is 51.5 Å². The third kappa shape index (κ3) is 5.79. The van der Waals surface area contributed by atoms with Crippen molar-refractivity contribution in [2.24, 2.45) is 0 Å². The molecule has 2 aromatic rings. The molecule has 7 nitrogen and oxygen atoms in total. The topological polar surface area (TPSA) is 77.6 Å². The number of aromatic nitrogens is 1. The number of nitrogens with zero attached hydrogens (tertiary/aromatic N) is 3. The summed E-state index contributed by atoms with van der Waals surface area (Å²) in [5, 5.41) is 5.70. The first-order valence-corrected chi connectivity index (χ1v) is 9.12. The molecule has 2 N–H and O–H groups in total. The Labute approximate surface area is 159 Å². The van der Waals surface area contributed by atoms with Crippen LogP contribution in [-0.4, -0.2) is 54.4 Å². The summed E-state index contributed by atoms with van der Waals surface area (Å²) in [6.07, 6.45) is 1.80. The molecule has 2 amide bonds. The molecule has 0 radical (unpaired) electrons. The summed E-state index contributed by atoms with van der Waals surface area (Å²) in [4.78, 5) is 32.2. The summed E-state index contributed by atoms with van der Waals surface area (Å²) in [6.45, 7) is 5.71. The van der Waals surface area contributed by atoms with Gasteiger partial charge < -0.3 is 15.5 Å². The largest absolute Gasteiger partial charge is 0.354 e. The van der Waals surface area contributed by atoms with Gasteiger partial charge in [0.25, 0.3) is 0 Å². The molecule has 0 spiro atoms. The van der Waals surface area contributed by atoms with E-state index >= 15 is 0 Å². The van der Waals surface area contributed by atoms with Gasteiger partial charge in [0.15, 0.2) is 0 Å². The highest BCUT2D eigenvalue weighted by molar-refractivity contribution is 5.88. The van der Waals surface area contributed by atoms with Gasteiger partial charge in [0.2, 0.25) is 11.8 Å². The van der Waals surface area contributed by atoms with Crippen molar-refractivity contribution in [3.05, 3.63) is 54.2 Å². The lowest BCUT2D eigenvalue weighted by atomic mass is 10.2. The summed E-state index contributed by atoms with van der Waals surface area (Å²) >= 11 is 0. The average molecular weight is 367 g/mol. The lowest BCUT2D eigenvalue weighted by molar-refractivity contribution is -0.122. The maximum Gasteiger partial charge on any atom is 0.234 e. The molecule has 1 aliphatic rings. The van der Waals surface area contributed by atoms with Crippen LogP contribution in [0.5, 0.6) is 0 Å². The van der Waals surface area contributed by atoms with Crippen molar-refractivity contribution in [2.45, 2.75) is 13.5 Å². The van der Waals surface area contributed by atoms with Crippen molar-refractivity contribution in [1.29, 1.82) is 0 Å². The van der Waals surface area contributed by atoms with E-state index in [1.54, 1.807) is 6.20 Å². The minimum Gasteiger partial charge on any atom is -0.354 e. The highest BCUT2D eigenvalue weighted by Crippen LogP contribution is 2.13. The van der Waals surface area contributed by atoms with Crippen molar-refractivity contribution in [3.63, 3.8) is 0 Å². The second kappa shape index (κ2) is 9.14. The minimum atomic E-state index is -0.110. The van der Waals surface area contributed by atoms with Gasteiger partial charge in [-0.2, -0.15) is 0 Å². The Morgan fingerprint density at radius 3 is 2.59 bits per heavy atom. The van der Waals surface area contributed by atoms with Gasteiger partial charge in [0.1, 0.15) is 5.82 Å². The molecule has 1 aromatic carbocycles. The summed E-state index contributed by atoms with van der Waals surface area (Å²) in [5.41, 5.74) is 1.69. The highest BCUT2D eigenvalue weighted by atomic mass is 16.2. The standard InChI is InChI=1S/C20H25N5O2/c1-16(26)23-18-6-4-5-17(13-18)14-22-20(27)15-24-9-11-25(12-10-24)19-7-2-3-8-21-19/h2-8,13H,9-12,14-15H2,1H3,(H,22,27)(H,23,26). The molecule has 0 aliphatic carbocycles. The number of carbonyl (C=O) groups excluding carboxylic acids is 2. The second-order valence-electron chi connectivity index (χ2n) is 6.61. The molecule has 2 heterocycles. The van der Waals surface area contributed by atoms with Gasteiger partial charge in [-0.3, -0.25) is 14.5 Å². The Morgan fingerprint density at radius 2 is 1.89 bits per heavy atom. The molecule has 1 saturated heterocycles. The van der Waals surface area contributed by atoms with E-state index in [1.165, 1.54) is 6.92 Å². The molecule has 7 heteroatoms. The molecule has 142 valence electrons. The van der Waals surface area contributed by atoms with Crippen molar-refractivity contribution >= 4 is 23.3 Å². The SMILES string of the molecule is CC(=O)Nc1cccc(CNC(=O)CN2CCN(c3ccccn3)CC2)c1. The summed E-state index contributed by atoms with van der Waals surface area (Å²) < 4.78 is 0. The average Bonchev–Trinajstić information content (AvgIpc) is 2.67. The number of amides is 2. The fraction of sp³-hybridized carbons (Fsp3) is 0.350. The van der Waals surface area contributed by atoms with E-state index in [9.17, 15) is 9.59 Å². The van der Waals surface area contributed by atoms with Gasteiger partial charge in [-0.05, 0) is 29.8 Å². The number of hydrogen-bond donors (Lipinski definition) is 2. The molecule has 1 aromatic heterocycles. The van der Waals surface area contributed by atoms with Crippen LogP contribution in [0.2, 0.25) is 0 Å². The van der Waals surface area contributed by atoms with Crippen molar-refractivity contribution in [3.8, 4) is 0 Å². The van der Waals surface area contributed by atoms with E-state index in [1.807, 2.05) is 42.5 Å². The minimum absolute atomic E-state index is 0.00576. The molecule has 0 bridgehead atoms. The van der Waals surface area contributed by atoms with Gasteiger partial charge in [-0.25, -0.2) is 4.98 Å². The van der Waals surface area contributed by atoms with E-state index in [2.05, 4.69) is 25.4 Å². The number of hydrogen-bond acceptors (Lipinski definition) is 5. The number of anilines is 2.